The second kappa shape index (κ2) is 8.86. The molecule has 1 N–H and O–H groups in total. The maximum Gasteiger partial charge on any atom is 0.252 e. The predicted octanol–water partition coefficient (Wildman–Crippen LogP) is 5.11. The van der Waals surface area contributed by atoms with Gasteiger partial charge in [-0.1, -0.05) is 72.8 Å². The summed E-state index contributed by atoms with van der Waals surface area (Å²) in [5.41, 5.74) is 3.54. The van der Waals surface area contributed by atoms with Crippen LogP contribution in [0.15, 0.2) is 84.9 Å². The summed E-state index contributed by atoms with van der Waals surface area (Å²) in [6.07, 6.45) is 1.92. The lowest BCUT2D eigenvalue weighted by atomic mass is 10.0. The highest BCUT2D eigenvalue weighted by Gasteiger charge is 2.15. The fourth-order valence-electron chi connectivity index (χ4n) is 2.86. The number of benzene rings is 3. The molecule has 1 atom stereocenters. The molecule has 3 nitrogen and oxygen atoms in total. The molecule has 3 rings (SSSR count). The fourth-order valence-corrected chi connectivity index (χ4v) is 2.86. The van der Waals surface area contributed by atoms with Crippen LogP contribution in [0.25, 0.3) is 11.6 Å². The Hall–Kier alpha value is -3.33. The number of carbonyl (C=O) groups is 1. The minimum atomic E-state index is -0.119. The van der Waals surface area contributed by atoms with Crippen molar-refractivity contribution in [2.75, 3.05) is 7.11 Å². The molecule has 0 aliphatic rings. The molecule has 27 heavy (non-hydrogen) atoms. The molecule has 0 aromatic heterocycles. The van der Waals surface area contributed by atoms with E-state index in [0.717, 1.165) is 22.4 Å². The Balaban J connectivity index is 1.85. The number of hydrogen-bond acceptors (Lipinski definition) is 2. The van der Waals surface area contributed by atoms with Crippen LogP contribution >= 0.6 is 0 Å². The standard InChI is InChI=1S/C24H23NO2/c1-18(20-13-15-22(27-2)16-14-20)25-24(26)23(21-11-7-4-8-12-21)17-19-9-5-3-6-10-19/h3-18H,1-2H3,(H,25,26)/b23-17+/t18-/m0/s1. The van der Waals surface area contributed by atoms with Gasteiger partial charge in [0.05, 0.1) is 13.2 Å². The number of methoxy groups -OCH3 is 1. The molecule has 0 saturated heterocycles. The summed E-state index contributed by atoms with van der Waals surface area (Å²) in [4.78, 5) is 13.1. The summed E-state index contributed by atoms with van der Waals surface area (Å²) in [5, 5.41) is 3.10. The summed E-state index contributed by atoms with van der Waals surface area (Å²) in [7, 11) is 1.64. The molecule has 3 aromatic rings. The van der Waals surface area contributed by atoms with Gasteiger partial charge >= 0.3 is 0 Å². The van der Waals surface area contributed by atoms with E-state index in [4.69, 9.17) is 4.74 Å². The summed E-state index contributed by atoms with van der Waals surface area (Å²) >= 11 is 0. The van der Waals surface area contributed by atoms with Crippen molar-refractivity contribution < 1.29 is 9.53 Å². The highest BCUT2D eigenvalue weighted by atomic mass is 16.5. The quantitative estimate of drug-likeness (QED) is 0.491. The van der Waals surface area contributed by atoms with Crippen molar-refractivity contribution in [3.63, 3.8) is 0 Å². The molecule has 1 amide bonds. The van der Waals surface area contributed by atoms with Crippen LogP contribution in [0, 0.1) is 0 Å². The van der Waals surface area contributed by atoms with Crippen molar-refractivity contribution in [3.8, 4) is 5.75 Å². The Kier molecular flexibility index (Phi) is 6.06. The van der Waals surface area contributed by atoms with E-state index in [1.165, 1.54) is 0 Å². The van der Waals surface area contributed by atoms with Gasteiger partial charge in [-0.25, -0.2) is 0 Å². The van der Waals surface area contributed by atoms with E-state index in [9.17, 15) is 4.79 Å². The fraction of sp³-hybridized carbons (Fsp3) is 0.125. The Bertz CT molecular complexity index is 900. The Morgan fingerprint density at radius 1 is 0.889 bits per heavy atom. The van der Waals surface area contributed by atoms with E-state index in [1.54, 1.807) is 7.11 Å². The van der Waals surface area contributed by atoms with Crippen molar-refractivity contribution in [1.29, 1.82) is 0 Å². The first-order valence-corrected chi connectivity index (χ1v) is 8.94. The minimum Gasteiger partial charge on any atom is -0.497 e. The van der Waals surface area contributed by atoms with E-state index in [0.29, 0.717) is 5.57 Å². The van der Waals surface area contributed by atoms with Gasteiger partial charge < -0.3 is 10.1 Å². The number of nitrogens with one attached hydrogen (secondary N) is 1. The van der Waals surface area contributed by atoms with Gasteiger partial charge in [0.15, 0.2) is 0 Å². The predicted molar refractivity (Wildman–Crippen MR) is 110 cm³/mol. The molecule has 0 heterocycles. The maximum atomic E-state index is 13.1. The average Bonchev–Trinajstić information content (AvgIpc) is 2.73. The van der Waals surface area contributed by atoms with Crippen LogP contribution in [-0.4, -0.2) is 13.0 Å². The van der Waals surface area contributed by atoms with Crippen molar-refractivity contribution in [2.24, 2.45) is 0 Å². The normalized spacial score (nSPS) is 12.3. The lowest BCUT2D eigenvalue weighted by molar-refractivity contribution is -0.116. The van der Waals surface area contributed by atoms with Gasteiger partial charge in [0.1, 0.15) is 5.75 Å². The molecule has 0 radical (unpaired) electrons. The monoisotopic (exact) mass is 357 g/mol. The van der Waals surface area contributed by atoms with Crippen LogP contribution in [-0.2, 0) is 4.79 Å². The zero-order valence-corrected chi connectivity index (χ0v) is 15.6. The largest absolute Gasteiger partial charge is 0.497 e. The lowest BCUT2D eigenvalue weighted by Gasteiger charge is -2.17. The highest BCUT2D eigenvalue weighted by Crippen LogP contribution is 2.22. The first kappa shape index (κ1) is 18.5. The van der Waals surface area contributed by atoms with E-state index < -0.39 is 0 Å². The lowest BCUT2D eigenvalue weighted by Crippen LogP contribution is -2.27. The molecule has 0 fully saturated rings. The first-order chi connectivity index (χ1) is 13.2. The van der Waals surface area contributed by atoms with E-state index in [2.05, 4.69) is 5.32 Å². The minimum absolute atomic E-state index is 0.103. The SMILES string of the molecule is COc1ccc([C@H](C)NC(=O)/C(=C/c2ccccc2)c2ccccc2)cc1. The number of hydrogen-bond donors (Lipinski definition) is 1. The summed E-state index contributed by atoms with van der Waals surface area (Å²) in [6.45, 7) is 1.98. The van der Waals surface area contributed by atoms with Crippen molar-refractivity contribution in [1.82, 2.24) is 5.32 Å². The number of amides is 1. The van der Waals surface area contributed by atoms with Crippen LogP contribution < -0.4 is 10.1 Å². The second-order valence-electron chi connectivity index (χ2n) is 6.30. The molecule has 0 unspecified atom stereocenters. The Labute approximate surface area is 160 Å². The van der Waals surface area contributed by atoms with Gasteiger partial charge in [0, 0.05) is 5.57 Å². The molecule has 0 saturated carbocycles. The molecule has 0 bridgehead atoms. The molecular formula is C24H23NO2. The molecule has 3 aromatic carbocycles. The number of carbonyl (C=O) groups excluding carboxylic acids is 1. The van der Waals surface area contributed by atoms with Crippen LogP contribution in [0.3, 0.4) is 0 Å². The van der Waals surface area contributed by atoms with Gasteiger partial charge in [-0.2, -0.15) is 0 Å². The maximum absolute atomic E-state index is 13.1. The first-order valence-electron chi connectivity index (χ1n) is 8.94. The van der Waals surface area contributed by atoms with Gasteiger partial charge in [0.25, 0.3) is 5.91 Å². The average molecular weight is 357 g/mol. The van der Waals surface area contributed by atoms with E-state index >= 15 is 0 Å². The molecule has 0 aliphatic heterocycles. The van der Waals surface area contributed by atoms with Crippen LogP contribution in [0.2, 0.25) is 0 Å². The smallest absolute Gasteiger partial charge is 0.252 e. The zero-order valence-electron chi connectivity index (χ0n) is 15.6. The summed E-state index contributed by atoms with van der Waals surface area (Å²) in [5.74, 6) is 0.694. The van der Waals surface area contributed by atoms with Crippen LogP contribution in [0.4, 0.5) is 0 Å². The zero-order chi connectivity index (χ0) is 19.1. The number of ether oxygens (including phenoxy) is 1. The van der Waals surface area contributed by atoms with Gasteiger partial charge in [-0.05, 0) is 41.8 Å². The van der Waals surface area contributed by atoms with Gasteiger partial charge in [-0.3, -0.25) is 4.79 Å². The molecule has 3 heteroatoms. The molecule has 136 valence electrons. The third kappa shape index (κ3) is 4.85. The van der Waals surface area contributed by atoms with Crippen LogP contribution in [0.5, 0.6) is 5.75 Å². The van der Waals surface area contributed by atoms with E-state index in [1.807, 2.05) is 97.9 Å². The second-order valence-corrected chi connectivity index (χ2v) is 6.30. The van der Waals surface area contributed by atoms with E-state index in [-0.39, 0.29) is 11.9 Å². The molecule has 0 aliphatic carbocycles. The van der Waals surface area contributed by atoms with Crippen molar-refractivity contribution in [2.45, 2.75) is 13.0 Å². The Morgan fingerprint density at radius 2 is 1.48 bits per heavy atom. The third-order valence-electron chi connectivity index (χ3n) is 4.40. The van der Waals surface area contributed by atoms with Crippen molar-refractivity contribution >= 4 is 17.6 Å². The third-order valence-corrected chi connectivity index (χ3v) is 4.40. The van der Waals surface area contributed by atoms with Crippen LogP contribution in [0.1, 0.15) is 29.7 Å². The Morgan fingerprint density at radius 3 is 2.07 bits per heavy atom. The van der Waals surface area contributed by atoms with Gasteiger partial charge in [-0.15, -0.1) is 0 Å². The molecular weight excluding hydrogens is 334 g/mol. The topological polar surface area (TPSA) is 38.3 Å². The highest BCUT2D eigenvalue weighted by molar-refractivity contribution is 6.24. The number of rotatable bonds is 6. The van der Waals surface area contributed by atoms with Gasteiger partial charge in [0.2, 0.25) is 0 Å². The molecule has 0 spiro atoms. The summed E-state index contributed by atoms with van der Waals surface area (Å²) in [6, 6.07) is 27.2. The summed E-state index contributed by atoms with van der Waals surface area (Å²) < 4.78 is 5.20. The van der Waals surface area contributed by atoms with Crippen molar-refractivity contribution in [3.05, 3.63) is 102 Å².